The van der Waals surface area contributed by atoms with Crippen LogP contribution in [0.5, 0.6) is 5.75 Å². The molecule has 0 radical (unpaired) electrons. The number of benzene rings is 1. The van der Waals surface area contributed by atoms with Crippen molar-refractivity contribution in [2.45, 2.75) is 13.0 Å². The van der Waals surface area contributed by atoms with Crippen molar-refractivity contribution in [3.8, 4) is 5.75 Å². The Morgan fingerprint density at radius 3 is 2.96 bits per heavy atom. The second-order valence-corrected chi connectivity index (χ2v) is 6.33. The number of aryl methyl sites for hydroxylation is 1. The predicted octanol–water partition coefficient (Wildman–Crippen LogP) is 2.09. The molecule has 0 saturated heterocycles. The molecule has 7 heteroatoms. The molecular formula is C18H22N6O. The van der Waals surface area contributed by atoms with Gasteiger partial charge in [0.15, 0.2) is 5.65 Å². The van der Waals surface area contributed by atoms with Gasteiger partial charge in [-0.15, -0.1) is 0 Å². The van der Waals surface area contributed by atoms with Gasteiger partial charge >= 0.3 is 0 Å². The van der Waals surface area contributed by atoms with Gasteiger partial charge in [-0.25, -0.2) is 9.97 Å². The number of hydrogen-bond acceptors (Lipinski definition) is 6. The smallest absolute Gasteiger partial charge is 0.163 e. The van der Waals surface area contributed by atoms with Gasteiger partial charge in [0.25, 0.3) is 0 Å². The van der Waals surface area contributed by atoms with Crippen LogP contribution in [0.25, 0.3) is 11.0 Å². The first-order valence-electron chi connectivity index (χ1n) is 8.52. The number of nitrogens with zero attached hydrogens (tertiary/aromatic N) is 6. The molecule has 0 spiro atoms. The van der Waals surface area contributed by atoms with Crippen molar-refractivity contribution in [2.24, 2.45) is 7.05 Å². The number of anilines is 2. The van der Waals surface area contributed by atoms with Crippen LogP contribution >= 0.6 is 0 Å². The molecule has 1 aliphatic heterocycles. The van der Waals surface area contributed by atoms with E-state index in [0.29, 0.717) is 0 Å². The highest BCUT2D eigenvalue weighted by Gasteiger charge is 2.26. The van der Waals surface area contributed by atoms with Crippen LogP contribution in [0.2, 0.25) is 0 Å². The maximum Gasteiger partial charge on any atom is 0.163 e. The van der Waals surface area contributed by atoms with E-state index in [1.54, 1.807) is 11.0 Å². The summed E-state index contributed by atoms with van der Waals surface area (Å²) in [4.78, 5) is 13.3. The van der Waals surface area contributed by atoms with E-state index in [4.69, 9.17) is 4.74 Å². The molecular weight excluding hydrogens is 316 g/mol. The van der Waals surface area contributed by atoms with E-state index in [1.165, 1.54) is 5.69 Å². The highest BCUT2D eigenvalue weighted by Crippen LogP contribution is 2.33. The van der Waals surface area contributed by atoms with Gasteiger partial charge < -0.3 is 14.5 Å². The third-order valence-corrected chi connectivity index (χ3v) is 4.65. The van der Waals surface area contributed by atoms with Crippen LogP contribution in [0.3, 0.4) is 0 Å². The van der Waals surface area contributed by atoms with Gasteiger partial charge in [-0.2, -0.15) is 5.10 Å². The number of fused-ring (bicyclic) bond motifs is 2. The van der Waals surface area contributed by atoms with Gasteiger partial charge in [-0.3, -0.25) is 4.68 Å². The zero-order valence-electron chi connectivity index (χ0n) is 14.8. The summed E-state index contributed by atoms with van der Waals surface area (Å²) in [5.74, 6) is 1.83. The van der Waals surface area contributed by atoms with Gasteiger partial charge in [0, 0.05) is 20.6 Å². The molecule has 0 bridgehead atoms. The Labute approximate surface area is 146 Å². The molecule has 1 atom stereocenters. The van der Waals surface area contributed by atoms with Crippen LogP contribution in [0, 0.1) is 0 Å². The summed E-state index contributed by atoms with van der Waals surface area (Å²) in [6, 6.07) is 8.22. The number of aromatic nitrogens is 4. The second kappa shape index (κ2) is 6.23. The van der Waals surface area contributed by atoms with Crippen molar-refractivity contribution in [3.63, 3.8) is 0 Å². The molecule has 1 aliphatic rings. The van der Waals surface area contributed by atoms with E-state index >= 15 is 0 Å². The molecule has 3 heterocycles. The Kier molecular flexibility index (Phi) is 3.91. The van der Waals surface area contributed by atoms with Crippen molar-refractivity contribution >= 4 is 22.5 Å². The summed E-state index contributed by atoms with van der Waals surface area (Å²) in [6.07, 6.45) is 3.48. The Morgan fingerprint density at radius 1 is 1.28 bits per heavy atom. The fourth-order valence-electron chi connectivity index (χ4n) is 3.42. The first-order chi connectivity index (χ1) is 12.2. The van der Waals surface area contributed by atoms with E-state index < -0.39 is 0 Å². The van der Waals surface area contributed by atoms with Crippen LogP contribution in [-0.2, 0) is 7.05 Å². The number of rotatable bonds is 4. The zero-order valence-corrected chi connectivity index (χ0v) is 14.8. The molecule has 1 aromatic carbocycles. The van der Waals surface area contributed by atoms with Crippen molar-refractivity contribution in [1.29, 1.82) is 0 Å². The van der Waals surface area contributed by atoms with E-state index in [0.717, 1.165) is 42.2 Å². The highest BCUT2D eigenvalue weighted by atomic mass is 16.5. The van der Waals surface area contributed by atoms with Crippen molar-refractivity contribution in [1.82, 2.24) is 19.7 Å². The molecule has 25 heavy (non-hydrogen) atoms. The topological polar surface area (TPSA) is 59.3 Å². The number of ether oxygens (including phenoxy) is 1. The summed E-state index contributed by atoms with van der Waals surface area (Å²) >= 11 is 0. The average Bonchev–Trinajstić information content (AvgIpc) is 3.02. The van der Waals surface area contributed by atoms with Gasteiger partial charge in [0.05, 0.1) is 30.4 Å². The first-order valence-corrected chi connectivity index (χ1v) is 8.52. The average molecular weight is 338 g/mol. The molecule has 0 saturated carbocycles. The van der Waals surface area contributed by atoms with Crippen LogP contribution in [0.1, 0.15) is 6.92 Å². The van der Waals surface area contributed by atoms with Gasteiger partial charge in [0.2, 0.25) is 0 Å². The minimum Gasteiger partial charge on any atom is -0.485 e. The summed E-state index contributed by atoms with van der Waals surface area (Å²) in [5.41, 5.74) is 2.00. The molecule has 0 N–H and O–H groups in total. The normalized spacial score (nSPS) is 16.6. The van der Waals surface area contributed by atoms with Crippen LogP contribution < -0.4 is 14.5 Å². The van der Waals surface area contributed by atoms with Crippen molar-refractivity contribution in [2.75, 3.05) is 36.5 Å². The molecule has 3 aromatic rings. The van der Waals surface area contributed by atoms with Gasteiger partial charge in [-0.05, 0) is 19.1 Å². The van der Waals surface area contributed by atoms with Crippen LogP contribution in [-0.4, -0.2) is 52.5 Å². The molecule has 130 valence electrons. The van der Waals surface area contributed by atoms with Crippen molar-refractivity contribution < 1.29 is 4.74 Å². The van der Waals surface area contributed by atoms with Crippen molar-refractivity contribution in [3.05, 3.63) is 36.8 Å². The molecule has 0 amide bonds. The van der Waals surface area contributed by atoms with Gasteiger partial charge in [-0.1, -0.05) is 12.1 Å². The fraction of sp³-hybridized carbons (Fsp3) is 0.389. The van der Waals surface area contributed by atoms with Crippen LogP contribution in [0.15, 0.2) is 36.8 Å². The highest BCUT2D eigenvalue weighted by molar-refractivity contribution is 5.86. The lowest BCUT2D eigenvalue weighted by Crippen LogP contribution is -2.45. The Balaban J connectivity index is 1.58. The summed E-state index contributed by atoms with van der Waals surface area (Å²) < 4.78 is 7.99. The fourth-order valence-corrected chi connectivity index (χ4v) is 3.42. The third-order valence-electron chi connectivity index (χ3n) is 4.65. The zero-order chi connectivity index (χ0) is 17.4. The summed E-state index contributed by atoms with van der Waals surface area (Å²) in [7, 11) is 3.92. The molecule has 0 fully saturated rings. The SMILES string of the molecule is CCN1C[C@@H](CN(C)c2ncnc3c2cnn3C)Oc2ccccc21. The second-order valence-electron chi connectivity index (χ2n) is 6.33. The molecule has 0 aliphatic carbocycles. The summed E-state index contributed by atoms with van der Waals surface area (Å²) in [6.45, 7) is 4.73. The number of likely N-dealkylation sites (N-methyl/N-ethyl adjacent to an activating group) is 2. The minimum absolute atomic E-state index is 0.0709. The molecule has 4 rings (SSSR count). The lowest BCUT2D eigenvalue weighted by molar-refractivity contribution is 0.200. The number of para-hydroxylation sites is 2. The lowest BCUT2D eigenvalue weighted by Gasteiger charge is -2.37. The van der Waals surface area contributed by atoms with E-state index in [-0.39, 0.29) is 6.10 Å². The Hall–Kier alpha value is -2.83. The Bertz CT molecular complexity index is 892. The lowest BCUT2D eigenvalue weighted by atomic mass is 10.2. The predicted molar refractivity (Wildman–Crippen MR) is 98.3 cm³/mol. The Morgan fingerprint density at radius 2 is 2.12 bits per heavy atom. The maximum absolute atomic E-state index is 6.23. The van der Waals surface area contributed by atoms with Gasteiger partial charge in [0.1, 0.15) is 24.0 Å². The number of hydrogen-bond donors (Lipinski definition) is 0. The third kappa shape index (κ3) is 2.75. The maximum atomic E-state index is 6.23. The molecule has 7 nitrogen and oxygen atoms in total. The molecule has 0 unspecified atom stereocenters. The first kappa shape index (κ1) is 15.7. The largest absolute Gasteiger partial charge is 0.485 e. The summed E-state index contributed by atoms with van der Waals surface area (Å²) in [5, 5.41) is 5.24. The minimum atomic E-state index is 0.0709. The quantitative estimate of drug-likeness (QED) is 0.726. The van der Waals surface area contributed by atoms with E-state index in [1.807, 2.05) is 32.4 Å². The standard InChI is InChI=1S/C18H22N6O/c1-4-24-11-13(25-16-8-6-5-7-15(16)24)10-22(2)17-14-9-21-23(3)18(14)20-12-19-17/h5-9,12-13H,4,10-11H2,1-3H3/t13-/m1/s1. The van der Waals surface area contributed by atoms with E-state index in [9.17, 15) is 0 Å². The molecule has 2 aromatic heterocycles. The van der Waals surface area contributed by atoms with E-state index in [2.05, 4.69) is 43.9 Å². The monoisotopic (exact) mass is 338 g/mol. The van der Waals surface area contributed by atoms with Crippen LogP contribution in [0.4, 0.5) is 11.5 Å².